The van der Waals surface area contributed by atoms with Crippen molar-refractivity contribution in [2.24, 2.45) is 0 Å². The third kappa shape index (κ3) is 2.38. The van der Waals surface area contributed by atoms with E-state index in [1.54, 1.807) is 13.0 Å². The SMILES string of the molecule is CCC(=O)c1c(C)cc(C(C)C)cc1O. The van der Waals surface area contributed by atoms with Gasteiger partial charge in [0.2, 0.25) is 0 Å². The fourth-order valence-electron chi connectivity index (χ4n) is 1.67. The Morgan fingerprint density at radius 1 is 1.40 bits per heavy atom. The summed E-state index contributed by atoms with van der Waals surface area (Å²) < 4.78 is 0. The van der Waals surface area contributed by atoms with E-state index in [-0.39, 0.29) is 11.5 Å². The number of rotatable bonds is 3. The average Bonchev–Trinajstić information content (AvgIpc) is 2.16. The zero-order valence-corrected chi connectivity index (χ0v) is 9.79. The molecule has 2 nitrogen and oxygen atoms in total. The molecule has 0 heterocycles. The molecule has 0 radical (unpaired) electrons. The van der Waals surface area contributed by atoms with Crippen molar-refractivity contribution < 1.29 is 9.90 Å². The van der Waals surface area contributed by atoms with Gasteiger partial charge in [0.15, 0.2) is 5.78 Å². The first kappa shape index (κ1) is 11.8. The number of Topliss-reactive ketones (excluding diaryl/α,β-unsaturated/α-hetero) is 1. The molecule has 0 unspecified atom stereocenters. The van der Waals surface area contributed by atoms with Crippen LogP contribution in [0.3, 0.4) is 0 Å². The molecule has 0 aliphatic heterocycles. The van der Waals surface area contributed by atoms with Crippen LogP contribution in [0.15, 0.2) is 12.1 Å². The lowest BCUT2D eigenvalue weighted by Crippen LogP contribution is -2.02. The molecule has 0 bridgehead atoms. The molecule has 0 fully saturated rings. The van der Waals surface area contributed by atoms with Crippen molar-refractivity contribution >= 4 is 5.78 Å². The highest BCUT2D eigenvalue weighted by Gasteiger charge is 2.14. The van der Waals surface area contributed by atoms with Gasteiger partial charge in [-0.25, -0.2) is 0 Å². The number of carbonyl (C=O) groups excluding carboxylic acids is 1. The molecular formula is C13H18O2. The summed E-state index contributed by atoms with van der Waals surface area (Å²) in [6.45, 7) is 7.80. The minimum atomic E-state index is 0.000283. The summed E-state index contributed by atoms with van der Waals surface area (Å²) in [4.78, 5) is 11.6. The van der Waals surface area contributed by atoms with Crippen LogP contribution in [0.4, 0.5) is 0 Å². The van der Waals surface area contributed by atoms with Gasteiger partial charge in [0, 0.05) is 6.42 Å². The second-order valence-corrected chi connectivity index (χ2v) is 4.16. The Hall–Kier alpha value is -1.31. The number of hydrogen-bond acceptors (Lipinski definition) is 2. The maximum Gasteiger partial charge on any atom is 0.166 e. The van der Waals surface area contributed by atoms with E-state index in [1.165, 1.54) is 0 Å². The summed E-state index contributed by atoms with van der Waals surface area (Å²) in [6.07, 6.45) is 0.426. The second kappa shape index (κ2) is 4.47. The number of aryl methyl sites for hydroxylation is 1. The van der Waals surface area contributed by atoms with Crippen LogP contribution in [-0.2, 0) is 0 Å². The third-order valence-electron chi connectivity index (χ3n) is 2.60. The Balaban J connectivity index is 3.27. The van der Waals surface area contributed by atoms with Crippen LogP contribution >= 0.6 is 0 Å². The number of aromatic hydroxyl groups is 1. The standard InChI is InChI=1S/C13H18O2/c1-5-11(14)13-9(4)6-10(8(2)3)7-12(13)15/h6-8,15H,5H2,1-4H3. The Labute approximate surface area is 90.9 Å². The van der Waals surface area contributed by atoms with Crippen molar-refractivity contribution in [3.63, 3.8) is 0 Å². The fourth-order valence-corrected chi connectivity index (χ4v) is 1.67. The average molecular weight is 206 g/mol. The molecule has 0 atom stereocenters. The van der Waals surface area contributed by atoms with E-state index in [1.807, 2.05) is 13.0 Å². The van der Waals surface area contributed by atoms with Crippen molar-refractivity contribution in [1.29, 1.82) is 0 Å². The van der Waals surface area contributed by atoms with Crippen LogP contribution < -0.4 is 0 Å². The van der Waals surface area contributed by atoms with Crippen molar-refractivity contribution in [3.05, 3.63) is 28.8 Å². The van der Waals surface area contributed by atoms with Crippen LogP contribution in [0, 0.1) is 6.92 Å². The second-order valence-electron chi connectivity index (χ2n) is 4.16. The first-order valence-electron chi connectivity index (χ1n) is 5.34. The number of hydrogen-bond donors (Lipinski definition) is 1. The predicted octanol–water partition coefficient (Wildman–Crippen LogP) is 3.42. The quantitative estimate of drug-likeness (QED) is 0.769. The Morgan fingerprint density at radius 2 is 2.00 bits per heavy atom. The fraction of sp³-hybridized carbons (Fsp3) is 0.462. The first-order valence-corrected chi connectivity index (χ1v) is 5.34. The molecule has 0 saturated carbocycles. The van der Waals surface area contributed by atoms with Crippen molar-refractivity contribution in [1.82, 2.24) is 0 Å². The van der Waals surface area contributed by atoms with E-state index < -0.39 is 0 Å². The van der Waals surface area contributed by atoms with E-state index in [0.29, 0.717) is 17.9 Å². The van der Waals surface area contributed by atoms with Crippen molar-refractivity contribution in [2.45, 2.75) is 40.0 Å². The molecule has 2 heteroatoms. The summed E-state index contributed by atoms with van der Waals surface area (Å²) in [6, 6.07) is 3.67. The summed E-state index contributed by atoms with van der Waals surface area (Å²) >= 11 is 0. The molecule has 0 aliphatic carbocycles. The molecule has 1 aromatic rings. The van der Waals surface area contributed by atoms with Gasteiger partial charge in [-0.2, -0.15) is 0 Å². The van der Waals surface area contributed by atoms with Crippen LogP contribution in [0.1, 0.15) is 54.6 Å². The van der Waals surface area contributed by atoms with Gasteiger partial charge in [-0.15, -0.1) is 0 Å². The molecule has 1 aromatic carbocycles. The molecular weight excluding hydrogens is 188 g/mol. The highest BCUT2D eigenvalue weighted by Crippen LogP contribution is 2.28. The van der Waals surface area contributed by atoms with E-state index in [4.69, 9.17) is 0 Å². The Kier molecular flexibility index (Phi) is 3.51. The minimum Gasteiger partial charge on any atom is -0.507 e. The van der Waals surface area contributed by atoms with Crippen LogP contribution in [0.25, 0.3) is 0 Å². The summed E-state index contributed by atoms with van der Waals surface area (Å²) in [7, 11) is 0. The zero-order chi connectivity index (χ0) is 11.6. The number of benzene rings is 1. The number of phenolic OH excluding ortho intramolecular Hbond substituents is 1. The number of carbonyl (C=O) groups is 1. The monoisotopic (exact) mass is 206 g/mol. The normalized spacial score (nSPS) is 10.7. The lowest BCUT2D eigenvalue weighted by atomic mass is 9.94. The molecule has 0 aromatic heterocycles. The van der Waals surface area contributed by atoms with Gasteiger partial charge in [0.25, 0.3) is 0 Å². The zero-order valence-electron chi connectivity index (χ0n) is 9.79. The summed E-state index contributed by atoms with van der Waals surface area (Å²) in [5.74, 6) is 0.478. The van der Waals surface area contributed by atoms with Crippen LogP contribution in [-0.4, -0.2) is 10.9 Å². The maximum atomic E-state index is 11.6. The van der Waals surface area contributed by atoms with Gasteiger partial charge >= 0.3 is 0 Å². The smallest absolute Gasteiger partial charge is 0.166 e. The van der Waals surface area contributed by atoms with E-state index in [0.717, 1.165) is 11.1 Å². The van der Waals surface area contributed by atoms with Gasteiger partial charge < -0.3 is 5.11 Å². The number of ketones is 1. The summed E-state index contributed by atoms with van der Waals surface area (Å²) in [5.41, 5.74) is 2.41. The topological polar surface area (TPSA) is 37.3 Å². The van der Waals surface area contributed by atoms with Gasteiger partial charge in [0.1, 0.15) is 5.75 Å². The lowest BCUT2D eigenvalue weighted by molar-refractivity contribution is 0.0985. The van der Waals surface area contributed by atoms with E-state index >= 15 is 0 Å². The summed E-state index contributed by atoms with van der Waals surface area (Å²) in [5, 5.41) is 9.80. The van der Waals surface area contributed by atoms with Gasteiger partial charge in [-0.3, -0.25) is 4.79 Å². The Morgan fingerprint density at radius 3 is 2.40 bits per heavy atom. The lowest BCUT2D eigenvalue weighted by Gasteiger charge is -2.11. The maximum absolute atomic E-state index is 11.6. The highest BCUT2D eigenvalue weighted by molar-refractivity contribution is 5.99. The molecule has 82 valence electrons. The van der Waals surface area contributed by atoms with Crippen molar-refractivity contribution in [3.8, 4) is 5.75 Å². The minimum absolute atomic E-state index is 0.000283. The number of phenols is 1. The van der Waals surface area contributed by atoms with E-state index in [2.05, 4.69) is 13.8 Å². The molecule has 0 aliphatic rings. The van der Waals surface area contributed by atoms with Gasteiger partial charge in [0.05, 0.1) is 5.56 Å². The Bertz CT molecular complexity index is 355. The predicted molar refractivity (Wildman–Crippen MR) is 61.6 cm³/mol. The van der Waals surface area contributed by atoms with E-state index in [9.17, 15) is 9.90 Å². The van der Waals surface area contributed by atoms with Crippen LogP contribution in [0.2, 0.25) is 0 Å². The van der Waals surface area contributed by atoms with Gasteiger partial charge in [-0.1, -0.05) is 26.8 Å². The molecule has 15 heavy (non-hydrogen) atoms. The molecule has 1 rings (SSSR count). The molecule has 0 saturated heterocycles. The third-order valence-corrected chi connectivity index (χ3v) is 2.60. The van der Waals surface area contributed by atoms with Crippen LogP contribution in [0.5, 0.6) is 5.75 Å². The van der Waals surface area contributed by atoms with Gasteiger partial charge in [-0.05, 0) is 30.0 Å². The first-order chi connectivity index (χ1) is 6.97. The molecule has 0 spiro atoms. The highest BCUT2D eigenvalue weighted by atomic mass is 16.3. The molecule has 1 N–H and O–H groups in total. The van der Waals surface area contributed by atoms with Crippen molar-refractivity contribution in [2.75, 3.05) is 0 Å². The molecule has 0 amide bonds. The largest absolute Gasteiger partial charge is 0.507 e.